The second-order valence-electron chi connectivity index (χ2n) is 4.17. The molecule has 0 radical (unpaired) electrons. The van der Waals surface area contributed by atoms with Gasteiger partial charge in [-0.05, 0) is 24.6 Å². The van der Waals surface area contributed by atoms with Crippen molar-refractivity contribution in [2.45, 2.75) is 23.9 Å². The van der Waals surface area contributed by atoms with E-state index < -0.39 is 22.4 Å². The number of nitrogen functional groups attached to an aromatic ring is 1. The van der Waals surface area contributed by atoms with Crippen molar-refractivity contribution in [3.63, 3.8) is 0 Å². The van der Waals surface area contributed by atoms with E-state index in [4.69, 9.17) is 5.73 Å². The fraction of sp³-hybridized carbons (Fsp3) is 0.455. The van der Waals surface area contributed by atoms with Gasteiger partial charge in [0, 0.05) is 19.2 Å². The fourth-order valence-electron chi connectivity index (χ4n) is 1.44. The molecule has 1 aromatic carbocycles. The molecule has 0 fully saturated rings. The number of anilines is 2. The molecule has 8 heteroatoms. The third-order valence-corrected chi connectivity index (χ3v) is 3.51. The zero-order valence-electron chi connectivity index (χ0n) is 10.3. The Morgan fingerprint density at radius 2 is 1.95 bits per heavy atom. The van der Waals surface area contributed by atoms with Crippen LogP contribution in [0.4, 0.5) is 24.5 Å². The smallest absolute Gasteiger partial charge is 0.389 e. The zero-order valence-corrected chi connectivity index (χ0v) is 11.1. The number of rotatable bonds is 5. The topological polar surface area (TPSA) is 72.2 Å². The van der Waals surface area contributed by atoms with E-state index in [1.165, 1.54) is 18.2 Å². The van der Waals surface area contributed by atoms with Gasteiger partial charge in [0.1, 0.15) is 0 Å². The Bertz CT molecular complexity index is 541. The summed E-state index contributed by atoms with van der Waals surface area (Å²) in [5.74, 6) is 0. The first kappa shape index (κ1) is 15.6. The fourth-order valence-corrected chi connectivity index (χ4v) is 2.10. The predicted octanol–water partition coefficient (Wildman–Crippen LogP) is 2.43. The Balaban J connectivity index is 2.61. The molecule has 4 nitrogen and oxygen atoms in total. The molecule has 0 heterocycles. The van der Waals surface area contributed by atoms with Crippen LogP contribution in [0.2, 0.25) is 0 Å². The maximum atomic E-state index is 11.9. The number of benzene rings is 1. The van der Waals surface area contributed by atoms with Crippen LogP contribution in [0.25, 0.3) is 0 Å². The molecule has 0 aliphatic carbocycles. The third kappa shape index (κ3) is 5.37. The van der Waals surface area contributed by atoms with Crippen molar-refractivity contribution in [1.29, 1.82) is 0 Å². The van der Waals surface area contributed by atoms with Crippen molar-refractivity contribution in [3.05, 3.63) is 18.2 Å². The molecule has 0 aromatic heterocycles. The minimum absolute atomic E-state index is 0.0727. The van der Waals surface area contributed by atoms with Crippen LogP contribution in [0.1, 0.15) is 12.8 Å². The number of sulfone groups is 1. The van der Waals surface area contributed by atoms with E-state index in [2.05, 4.69) is 5.32 Å². The number of nitrogens with one attached hydrogen (secondary N) is 1. The lowest BCUT2D eigenvalue weighted by Gasteiger charge is -2.11. The summed E-state index contributed by atoms with van der Waals surface area (Å²) < 4.78 is 58.3. The molecule has 0 saturated heterocycles. The molecular formula is C11H15F3N2O2S. The van der Waals surface area contributed by atoms with Crippen molar-refractivity contribution in [2.24, 2.45) is 0 Å². The summed E-state index contributed by atoms with van der Waals surface area (Å²) in [6.45, 7) is 0.113. The van der Waals surface area contributed by atoms with Crippen LogP contribution >= 0.6 is 0 Å². The van der Waals surface area contributed by atoms with Crippen molar-refractivity contribution < 1.29 is 21.6 Å². The normalized spacial score (nSPS) is 12.4. The van der Waals surface area contributed by atoms with Crippen molar-refractivity contribution in [2.75, 3.05) is 23.9 Å². The molecule has 1 aromatic rings. The van der Waals surface area contributed by atoms with Gasteiger partial charge in [0.25, 0.3) is 0 Å². The highest BCUT2D eigenvalue weighted by Gasteiger charge is 2.25. The van der Waals surface area contributed by atoms with Gasteiger partial charge in [0.2, 0.25) is 0 Å². The van der Waals surface area contributed by atoms with E-state index in [9.17, 15) is 21.6 Å². The molecule has 19 heavy (non-hydrogen) atoms. The summed E-state index contributed by atoms with van der Waals surface area (Å²) in [4.78, 5) is 0.0749. The van der Waals surface area contributed by atoms with Crippen LogP contribution in [0, 0.1) is 0 Å². The van der Waals surface area contributed by atoms with E-state index in [-0.39, 0.29) is 23.5 Å². The van der Waals surface area contributed by atoms with E-state index >= 15 is 0 Å². The molecule has 0 aliphatic heterocycles. The van der Waals surface area contributed by atoms with Gasteiger partial charge in [-0.15, -0.1) is 0 Å². The third-order valence-electron chi connectivity index (χ3n) is 2.40. The highest BCUT2D eigenvalue weighted by molar-refractivity contribution is 7.90. The number of nitrogens with two attached hydrogens (primary N) is 1. The molecule has 0 amide bonds. The molecule has 0 atom stereocenters. The summed E-state index contributed by atoms with van der Waals surface area (Å²) in [6, 6.07) is 4.08. The molecule has 0 saturated carbocycles. The minimum atomic E-state index is -4.17. The van der Waals surface area contributed by atoms with Gasteiger partial charge in [0.05, 0.1) is 16.3 Å². The molecular weight excluding hydrogens is 281 g/mol. The van der Waals surface area contributed by atoms with E-state index in [1.54, 1.807) is 0 Å². The van der Waals surface area contributed by atoms with Crippen LogP contribution in [-0.2, 0) is 9.84 Å². The monoisotopic (exact) mass is 296 g/mol. The largest absolute Gasteiger partial charge is 0.397 e. The van der Waals surface area contributed by atoms with Gasteiger partial charge in [-0.2, -0.15) is 13.2 Å². The maximum absolute atomic E-state index is 11.9. The van der Waals surface area contributed by atoms with E-state index in [0.29, 0.717) is 5.69 Å². The van der Waals surface area contributed by atoms with Crippen LogP contribution in [0.3, 0.4) is 0 Å². The SMILES string of the molecule is CS(=O)(=O)c1ccc(NCCCC(F)(F)F)c(N)c1. The Hall–Kier alpha value is -1.44. The van der Waals surface area contributed by atoms with Crippen LogP contribution in [0.5, 0.6) is 0 Å². The summed E-state index contributed by atoms with van der Waals surface area (Å²) in [7, 11) is -3.34. The van der Waals surface area contributed by atoms with E-state index in [0.717, 1.165) is 6.26 Å². The molecule has 3 N–H and O–H groups in total. The predicted molar refractivity (Wildman–Crippen MR) is 67.7 cm³/mol. The van der Waals surface area contributed by atoms with Crippen LogP contribution in [-0.4, -0.2) is 27.4 Å². The van der Waals surface area contributed by atoms with Crippen molar-refractivity contribution in [3.8, 4) is 0 Å². The first-order chi connectivity index (χ1) is 8.59. The first-order valence-electron chi connectivity index (χ1n) is 5.50. The van der Waals surface area contributed by atoms with Gasteiger partial charge < -0.3 is 11.1 Å². The van der Waals surface area contributed by atoms with Crippen molar-refractivity contribution >= 4 is 21.2 Å². The second-order valence-corrected chi connectivity index (χ2v) is 6.18. The Morgan fingerprint density at radius 1 is 1.32 bits per heavy atom. The van der Waals surface area contributed by atoms with Gasteiger partial charge in [-0.1, -0.05) is 0 Å². The number of hydrogen-bond acceptors (Lipinski definition) is 4. The number of hydrogen-bond donors (Lipinski definition) is 2. The minimum Gasteiger partial charge on any atom is -0.397 e. The molecule has 0 bridgehead atoms. The average Bonchev–Trinajstić information content (AvgIpc) is 2.23. The van der Waals surface area contributed by atoms with Crippen LogP contribution < -0.4 is 11.1 Å². The number of halogens is 3. The highest BCUT2D eigenvalue weighted by Crippen LogP contribution is 2.24. The van der Waals surface area contributed by atoms with Gasteiger partial charge in [-0.3, -0.25) is 0 Å². The van der Waals surface area contributed by atoms with Gasteiger partial charge in [0.15, 0.2) is 9.84 Å². The molecule has 0 spiro atoms. The lowest BCUT2D eigenvalue weighted by molar-refractivity contribution is -0.134. The van der Waals surface area contributed by atoms with Crippen LogP contribution in [0.15, 0.2) is 23.1 Å². The van der Waals surface area contributed by atoms with Crippen molar-refractivity contribution in [1.82, 2.24) is 0 Å². The molecule has 1 rings (SSSR count). The standard InChI is InChI=1S/C11H15F3N2O2S/c1-19(17,18)8-3-4-10(9(15)7-8)16-6-2-5-11(12,13)14/h3-4,7,16H,2,5-6,15H2,1H3. The molecule has 0 aliphatic rings. The quantitative estimate of drug-likeness (QED) is 0.646. The Morgan fingerprint density at radius 3 is 2.42 bits per heavy atom. The van der Waals surface area contributed by atoms with Gasteiger partial charge >= 0.3 is 6.18 Å². The summed E-state index contributed by atoms with van der Waals surface area (Å²) in [5.41, 5.74) is 6.25. The number of alkyl halides is 3. The summed E-state index contributed by atoms with van der Waals surface area (Å²) >= 11 is 0. The Kier molecular flexibility index (Phi) is 4.67. The first-order valence-corrected chi connectivity index (χ1v) is 7.39. The lowest BCUT2D eigenvalue weighted by atomic mass is 10.2. The highest BCUT2D eigenvalue weighted by atomic mass is 32.2. The maximum Gasteiger partial charge on any atom is 0.389 e. The molecule has 0 unspecified atom stereocenters. The van der Waals surface area contributed by atoms with E-state index in [1.807, 2.05) is 0 Å². The Labute approximate surface area is 109 Å². The summed E-state index contributed by atoms with van der Waals surface area (Å²) in [5, 5.41) is 2.74. The average molecular weight is 296 g/mol. The van der Waals surface area contributed by atoms with Gasteiger partial charge in [-0.25, -0.2) is 8.42 Å². The molecule has 108 valence electrons. The lowest BCUT2D eigenvalue weighted by Crippen LogP contribution is -2.11. The summed E-state index contributed by atoms with van der Waals surface area (Å²) in [6.07, 6.45) is -4.07. The second kappa shape index (κ2) is 5.68. The zero-order chi connectivity index (χ0) is 14.7.